The molecule has 0 aromatic heterocycles. The van der Waals surface area contributed by atoms with E-state index < -0.39 is 12.0 Å². The van der Waals surface area contributed by atoms with Crippen LogP contribution in [-0.4, -0.2) is 37.1 Å². The topological polar surface area (TPSA) is 97.0 Å². The number of anilines is 2. The highest BCUT2D eigenvalue weighted by atomic mass is 16.7. The number of hydrogen-bond donors (Lipinski definition) is 2. The Hall–Kier alpha value is -3.55. The van der Waals surface area contributed by atoms with E-state index in [4.69, 9.17) is 9.47 Å². The maximum Gasteiger partial charge on any atom is 0.246 e. The second-order valence-electron chi connectivity index (χ2n) is 7.03. The lowest BCUT2D eigenvalue weighted by atomic mass is 10.1. The SMILES string of the molecule is CC(NC(=O)C1CC(=O)N(c2ccccc2)C1)C(=O)Nc1ccc2c(c1)OCO2. The van der Waals surface area contributed by atoms with Gasteiger partial charge in [-0.15, -0.1) is 0 Å². The van der Waals surface area contributed by atoms with Crippen LogP contribution in [0.4, 0.5) is 11.4 Å². The van der Waals surface area contributed by atoms with Crippen molar-refractivity contribution in [1.82, 2.24) is 5.32 Å². The van der Waals surface area contributed by atoms with E-state index in [1.165, 1.54) is 0 Å². The fourth-order valence-corrected chi connectivity index (χ4v) is 3.36. The third kappa shape index (κ3) is 4.01. The zero-order chi connectivity index (χ0) is 20.4. The van der Waals surface area contributed by atoms with E-state index in [9.17, 15) is 14.4 Å². The highest BCUT2D eigenvalue weighted by molar-refractivity contribution is 6.02. The highest BCUT2D eigenvalue weighted by Crippen LogP contribution is 2.34. The van der Waals surface area contributed by atoms with Crippen molar-refractivity contribution >= 4 is 29.1 Å². The molecule has 3 amide bonds. The maximum atomic E-state index is 12.6. The lowest BCUT2D eigenvalue weighted by Gasteiger charge is -2.18. The predicted octanol–water partition coefficient (Wildman–Crippen LogP) is 1.91. The van der Waals surface area contributed by atoms with Crippen LogP contribution in [0.5, 0.6) is 11.5 Å². The van der Waals surface area contributed by atoms with Gasteiger partial charge in [-0.25, -0.2) is 0 Å². The number of carbonyl (C=O) groups is 3. The summed E-state index contributed by atoms with van der Waals surface area (Å²) in [5.41, 5.74) is 1.31. The summed E-state index contributed by atoms with van der Waals surface area (Å²) in [6.07, 6.45) is 0.122. The molecule has 2 N–H and O–H groups in total. The van der Waals surface area contributed by atoms with E-state index in [-0.39, 0.29) is 30.9 Å². The lowest BCUT2D eigenvalue weighted by molar-refractivity contribution is -0.129. The van der Waals surface area contributed by atoms with Crippen LogP contribution in [0.1, 0.15) is 13.3 Å². The lowest BCUT2D eigenvalue weighted by Crippen LogP contribution is -2.44. The van der Waals surface area contributed by atoms with Crippen LogP contribution in [0.2, 0.25) is 0 Å². The van der Waals surface area contributed by atoms with Crippen molar-refractivity contribution in [2.24, 2.45) is 5.92 Å². The molecule has 2 unspecified atom stereocenters. The van der Waals surface area contributed by atoms with Crippen molar-refractivity contribution in [1.29, 1.82) is 0 Å². The molecule has 2 aliphatic rings. The Bertz CT molecular complexity index is 947. The first-order valence-corrected chi connectivity index (χ1v) is 9.37. The molecular formula is C21H21N3O5. The smallest absolute Gasteiger partial charge is 0.246 e. The first kappa shape index (κ1) is 18.8. The average Bonchev–Trinajstić information content (AvgIpc) is 3.34. The van der Waals surface area contributed by atoms with Gasteiger partial charge in [-0.05, 0) is 31.2 Å². The van der Waals surface area contributed by atoms with Gasteiger partial charge in [0.2, 0.25) is 24.5 Å². The summed E-state index contributed by atoms with van der Waals surface area (Å²) >= 11 is 0. The van der Waals surface area contributed by atoms with Gasteiger partial charge in [-0.3, -0.25) is 14.4 Å². The second kappa shape index (κ2) is 7.83. The molecule has 150 valence electrons. The maximum absolute atomic E-state index is 12.6. The number of benzene rings is 2. The van der Waals surface area contributed by atoms with Crippen molar-refractivity contribution in [2.75, 3.05) is 23.6 Å². The van der Waals surface area contributed by atoms with Gasteiger partial charge in [-0.2, -0.15) is 0 Å². The van der Waals surface area contributed by atoms with E-state index >= 15 is 0 Å². The van der Waals surface area contributed by atoms with Crippen LogP contribution in [0.3, 0.4) is 0 Å². The van der Waals surface area contributed by atoms with Crippen molar-refractivity contribution < 1.29 is 23.9 Å². The Balaban J connectivity index is 1.33. The van der Waals surface area contributed by atoms with Crippen LogP contribution in [0.25, 0.3) is 0 Å². The van der Waals surface area contributed by atoms with Crippen LogP contribution in [0.15, 0.2) is 48.5 Å². The van der Waals surface area contributed by atoms with Crippen molar-refractivity contribution in [3.05, 3.63) is 48.5 Å². The Morgan fingerprint density at radius 1 is 1.10 bits per heavy atom. The van der Waals surface area contributed by atoms with E-state index in [1.54, 1.807) is 30.0 Å². The summed E-state index contributed by atoms with van der Waals surface area (Å²) in [4.78, 5) is 38.9. The van der Waals surface area contributed by atoms with Crippen molar-refractivity contribution in [3.63, 3.8) is 0 Å². The number of carbonyl (C=O) groups excluding carboxylic acids is 3. The molecule has 2 atom stereocenters. The predicted molar refractivity (Wildman–Crippen MR) is 106 cm³/mol. The highest BCUT2D eigenvalue weighted by Gasteiger charge is 2.36. The van der Waals surface area contributed by atoms with E-state index in [0.717, 1.165) is 5.69 Å². The van der Waals surface area contributed by atoms with E-state index in [0.29, 0.717) is 23.7 Å². The fourth-order valence-electron chi connectivity index (χ4n) is 3.36. The zero-order valence-corrected chi connectivity index (χ0v) is 15.9. The Morgan fingerprint density at radius 3 is 2.66 bits per heavy atom. The minimum atomic E-state index is -0.756. The van der Waals surface area contributed by atoms with Gasteiger partial charge in [0.25, 0.3) is 0 Å². The average molecular weight is 395 g/mol. The molecule has 0 bridgehead atoms. The van der Waals surface area contributed by atoms with Crippen LogP contribution >= 0.6 is 0 Å². The standard InChI is InChI=1S/C21H21N3O5/c1-13(20(26)23-15-7-8-17-18(10-15)29-12-28-17)22-21(27)14-9-19(25)24(11-14)16-5-3-2-4-6-16/h2-8,10,13-14H,9,11-12H2,1H3,(H,22,27)(H,23,26). The number of hydrogen-bond acceptors (Lipinski definition) is 5. The molecular weight excluding hydrogens is 374 g/mol. The molecule has 0 saturated carbocycles. The molecule has 2 aromatic carbocycles. The minimum Gasteiger partial charge on any atom is -0.454 e. The molecule has 0 aliphatic carbocycles. The third-order valence-electron chi connectivity index (χ3n) is 4.96. The van der Waals surface area contributed by atoms with E-state index in [2.05, 4.69) is 10.6 Å². The second-order valence-corrected chi connectivity index (χ2v) is 7.03. The van der Waals surface area contributed by atoms with Gasteiger partial charge >= 0.3 is 0 Å². The number of ether oxygens (including phenoxy) is 2. The van der Waals surface area contributed by atoms with Gasteiger partial charge in [0, 0.05) is 30.4 Å². The molecule has 1 fully saturated rings. The molecule has 4 rings (SSSR count). The molecule has 1 saturated heterocycles. The summed E-state index contributed by atoms with van der Waals surface area (Å²) in [6.45, 7) is 2.05. The molecule has 29 heavy (non-hydrogen) atoms. The number of nitrogens with one attached hydrogen (secondary N) is 2. The van der Waals surface area contributed by atoms with Gasteiger partial charge in [0.15, 0.2) is 11.5 Å². The largest absolute Gasteiger partial charge is 0.454 e. The molecule has 0 spiro atoms. The summed E-state index contributed by atoms with van der Waals surface area (Å²) in [5.74, 6) is -0.0907. The van der Waals surface area contributed by atoms with Gasteiger partial charge < -0.3 is 25.0 Å². The quantitative estimate of drug-likeness (QED) is 0.806. The first-order valence-electron chi connectivity index (χ1n) is 9.37. The number of nitrogens with zero attached hydrogens (tertiary/aromatic N) is 1. The van der Waals surface area contributed by atoms with Crippen molar-refractivity contribution in [3.8, 4) is 11.5 Å². The van der Waals surface area contributed by atoms with Crippen LogP contribution in [-0.2, 0) is 14.4 Å². The zero-order valence-electron chi connectivity index (χ0n) is 15.9. The molecule has 2 heterocycles. The number of amides is 3. The number of rotatable bonds is 5. The van der Waals surface area contributed by atoms with Crippen molar-refractivity contribution in [2.45, 2.75) is 19.4 Å². The normalized spacial score (nSPS) is 18.4. The molecule has 0 radical (unpaired) electrons. The summed E-state index contributed by atoms with van der Waals surface area (Å²) in [6, 6.07) is 13.6. The summed E-state index contributed by atoms with van der Waals surface area (Å²) in [5, 5.41) is 5.45. The number of para-hydroxylation sites is 1. The monoisotopic (exact) mass is 395 g/mol. The Kier molecular flexibility index (Phi) is 5.07. The molecule has 8 nitrogen and oxygen atoms in total. The minimum absolute atomic E-state index is 0.103. The summed E-state index contributed by atoms with van der Waals surface area (Å²) < 4.78 is 10.5. The summed E-state index contributed by atoms with van der Waals surface area (Å²) in [7, 11) is 0. The third-order valence-corrected chi connectivity index (χ3v) is 4.96. The Morgan fingerprint density at radius 2 is 1.86 bits per heavy atom. The number of fused-ring (bicyclic) bond motifs is 1. The molecule has 8 heteroatoms. The van der Waals surface area contributed by atoms with Crippen LogP contribution < -0.4 is 25.0 Å². The van der Waals surface area contributed by atoms with Gasteiger partial charge in [0.05, 0.1) is 5.92 Å². The first-order chi connectivity index (χ1) is 14.0. The van der Waals surface area contributed by atoms with Gasteiger partial charge in [0.1, 0.15) is 6.04 Å². The Labute approximate surface area is 167 Å². The molecule has 2 aromatic rings. The molecule has 2 aliphatic heterocycles. The van der Waals surface area contributed by atoms with Crippen LogP contribution in [0, 0.1) is 5.92 Å². The van der Waals surface area contributed by atoms with E-state index in [1.807, 2.05) is 30.3 Å². The fraction of sp³-hybridized carbons (Fsp3) is 0.286. The van der Waals surface area contributed by atoms with Gasteiger partial charge in [-0.1, -0.05) is 18.2 Å².